The molecule has 1 aliphatic carbocycles. The number of imidazole rings is 1. The molecule has 1 aromatic rings. The van der Waals surface area contributed by atoms with Crippen LogP contribution in [0.25, 0.3) is 0 Å². The van der Waals surface area contributed by atoms with E-state index in [1.807, 2.05) is 13.0 Å². The molecule has 0 amide bonds. The van der Waals surface area contributed by atoms with Crippen molar-refractivity contribution in [3.05, 3.63) is 24.5 Å². The van der Waals surface area contributed by atoms with Crippen LogP contribution in [0.3, 0.4) is 0 Å². The fourth-order valence-corrected chi connectivity index (χ4v) is 2.48. The lowest BCUT2D eigenvalue weighted by Crippen LogP contribution is -2.32. The van der Waals surface area contributed by atoms with E-state index in [9.17, 15) is 0 Å². The SMILES string of the molecule is C=CCn1cc(C)nc1NC1(C)CCCC1. The first kappa shape index (κ1) is 11.2. The first-order chi connectivity index (χ1) is 7.63. The number of aromatic nitrogens is 2. The third kappa shape index (κ3) is 2.29. The standard InChI is InChI=1S/C13H21N3/c1-4-9-16-10-11(2)14-12(16)15-13(3)7-5-6-8-13/h4,10H,1,5-9H2,2-3H3,(H,14,15). The Balaban J connectivity index is 2.16. The van der Waals surface area contributed by atoms with E-state index in [0.717, 1.165) is 18.2 Å². The fraction of sp³-hybridized carbons (Fsp3) is 0.615. The summed E-state index contributed by atoms with van der Waals surface area (Å²) in [5, 5.41) is 3.60. The normalized spacial score (nSPS) is 18.6. The highest BCUT2D eigenvalue weighted by Crippen LogP contribution is 2.32. The van der Waals surface area contributed by atoms with Crippen LogP contribution in [-0.4, -0.2) is 15.1 Å². The molecule has 0 unspecified atom stereocenters. The Bertz CT molecular complexity index is 373. The van der Waals surface area contributed by atoms with Crippen molar-refractivity contribution in [2.24, 2.45) is 0 Å². The maximum Gasteiger partial charge on any atom is 0.203 e. The first-order valence-corrected chi connectivity index (χ1v) is 6.06. The molecule has 1 N–H and O–H groups in total. The molecule has 0 radical (unpaired) electrons. The highest BCUT2D eigenvalue weighted by molar-refractivity contribution is 5.33. The number of hydrogen-bond acceptors (Lipinski definition) is 2. The topological polar surface area (TPSA) is 29.9 Å². The number of hydrogen-bond donors (Lipinski definition) is 1. The zero-order chi connectivity index (χ0) is 11.6. The molecule has 0 atom stereocenters. The van der Waals surface area contributed by atoms with Crippen LogP contribution in [0.5, 0.6) is 0 Å². The third-order valence-corrected chi connectivity index (χ3v) is 3.34. The van der Waals surface area contributed by atoms with Crippen LogP contribution >= 0.6 is 0 Å². The van der Waals surface area contributed by atoms with Crippen LogP contribution in [0.4, 0.5) is 5.95 Å². The number of allylic oxidation sites excluding steroid dienone is 1. The van der Waals surface area contributed by atoms with E-state index < -0.39 is 0 Å². The van der Waals surface area contributed by atoms with Gasteiger partial charge in [-0.25, -0.2) is 4.98 Å². The minimum Gasteiger partial charge on any atom is -0.350 e. The van der Waals surface area contributed by atoms with Gasteiger partial charge in [0, 0.05) is 18.3 Å². The fourth-order valence-electron chi connectivity index (χ4n) is 2.48. The highest BCUT2D eigenvalue weighted by atomic mass is 15.2. The molecule has 0 aliphatic heterocycles. The van der Waals surface area contributed by atoms with Gasteiger partial charge in [0.25, 0.3) is 0 Å². The Kier molecular flexibility index (Phi) is 3.03. The summed E-state index contributed by atoms with van der Waals surface area (Å²) in [6.45, 7) is 8.92. The lowest BCUT2D eigenvalue weighted by atomic mass is 10.0. The number of rotatable bonds is 4. The Hall–Kier alpha value is -1.25. The Morgan fingerprint density at radius 2 is 2.25 bits per heavy atom. The van der Waals surface area contributed by atoms with E-state index in [-0.39, 0.29) is 5.54 Å². The van der Waals surface area contributed by atoms with Crippen LogP contribution < -0.4 is 5.32 Å². The second-order valence-corrected chi connectivity index (χ2v) is 5.04. The second kappa shape index (κ2) is 4.32. The van der Waals surface area contributed by atoms with Crippen LogP contribution in [0.2, 0.25) is 0 Å². The van der Waals surface area contributed by atoms with E-state index in [1.165, 1.54) is 25.7 Å². The van der Waals surface area contributed by atoms with Gasteiger partial charge in [0.2, 0.25) is 5.95 Å². The maximum atomic E-state index is 4.54. The summed E-state index contributed by atoms with van der Waals surface area (Å²) in [4.78, 5) is 4.54. The monoisotopic (exact) mass is 219 g/mol. The minimum absolute atomic E-state index is 0.233. The maximum absolute atomic E-state index is 4.54. The number of nitrogens with one attached hydrogen (secondary N) is 1. The van der Waals surface area contributed by atoms with Crippen molar-refractivity contribution in [3.63, 3.8) is 0 Å². The van der Waals surface area contributed by atoms with E-state index in [2.05, 4.69) is 34.6 Å². The predicted octanol–water partition coefficient (Wildman–Crippen LogP) is 3.12. The van der Waals surface area contributed by atoms with Crippen molar-refractivity contribution >= 4 is 5.95 Å². The van der Waals surface area contributed by atoms with Crippen LogP contribution in [-0.2, 0) is 6.54 Å². The van der Waals surface area contributed by atoms with Gasteiger partial charge >= 0.3 is 0 Å². The van der Waals surface area contributed by atoms with E-state index in [4.69, 9.17) is 0 Å². The lowest BCUT2D eigenvalue weighted by Gasteiger charge is -2.26. The zero-order valence-electron chi connectivity index (χ0n) is 10.3. The smallest absolute Gasteiger partial charge is 0.203 e. The number of anilines is 1. The molecule has 1 fully saturated rings. The van der Waals surface area contributed by atoms with Gasteiger partial charge in [0.1, 0.15) is 0 Å². The molecular formula is C13H21N3. The molecule has 88 valence electrons. The van der Waals surface area contributed by atoms with E-state index in [1.54, 1.807) is 0 Å². The van der Waals surface area contributed by atoms with Gasteiger partial charge in [-0.05, 0) is 26.7 Å². The summed E-state index contributed by atoms with van der Waals surface area (Å²) in [5.41, 5.74) is 1.29. The second-order valence-electron chi connectivity index (χ2n) is 5.04. The summed E-state index contributed by atoms with van der Waals surface area (Å²) in [6, 6.07) is 0. The Morgan fingerprint density at radius 1 is 1.56 bits per heavy atom. The Morgan fingerprint density at radius 3 is 2.88 bits per heavy atom. The molecule has 0 aromatic carbocycles. The van der Waals surface area contributed by atoms with Crippen molar-refractivity contribution in [2.45, 2.75) is 51.6 Å². The van der Waals surface area contributed by atoms with Gasteiger partial charge in [-0.2, -0.15) is 0 Å². The number of nitrogens with zero attached hydrogens (tertiary/aromatic N) is 2. The quantitative estimate of drug-likeness (QED) is 0.788. The van der Waals surface area contributed by atoms with Crippen molar-refractivity contribution < 1.29 is 0 Å². The van der Waals surface area contributed by atoms with Crippen molar-refractivity contribution in [1.82, 2.24) is 9.55 Å². The summed E-state index contributed by atoms with van der Waals surface area (Å²) < 4.78 is 2.13. The number of aryl methyl sites for hydroxylation is 1. The van der Waals surface area contributed by atoms with Crippen molar-refractivity contribution in [3.8, 4) is 0 Å². The molecule has 1 aliphatic rings. The van der Waals surface area contributed by atoms with Gasteiger partial charge < -0.3 is 9.88 Å². The zero-order valence-corrected chi connectivity index (χ0v) is 10.3. The molecule has 1 saturated carbocycles. The van der Waals surface area contributed by atoms with Crippen molar-refractivity contribution in [2.75, 3.05) is 5.32 Å². The average molecular weight is 219 g/mol. The summed E-state index contributed by atoms with van der Waals surface area (Å²) in [6.07, 6.45) is 9.11. The summed E-state index contributed by atoms with van der Waals surface area (Å²) >= 11 is 0. The Labute approximate surface area is 97.6 Å². The first-order valence-electron chi connectivity index (χ1n) is 6.06. The minimum atomic E-state index is 0.233. The third-order valence-electron chi connectivity index (χ3n) is 3.34. The van der Waals surface area contributed by atoms with Crippen LogP contribution in [0.15, 0.2) is 18.9 Å². The largest absolute Gasteiger partial charge is 0.350 e. The van der Waals surface area contributed by atoms with E-state index >= 15 is 0 Å². The van der Waals surface area contributed by atoms with Gasteiger partial charge in [-0.1, -0.05) is 18.9 Å². The molecule has 16 heavy (non-hydrogen) atoms. The van der Waals surface area contributed by atoms with Crippen LogP contribution in [0, 0.1) is 6.92 Å². The average Bonchev–Trinajstić information content (AvgIpc) is 2.76. The molecule has 1 heterocycles. The summed E-state index contributed by atoms with van der Waals surface area (Å²) in [7, 11) is 0. The molecule has 0 saturated heterocycles. The predicted molar refractivity (Wildman–Crippen MR) is 67.7 cm³/mol. The van der Waals surface area contributed by atoms with Crippen LogP contribution in [0.1, 0.15) is 38.3 Å². The summed E-state index contributed by atoms with van der Waals surface area (Å²) in [5.74, 6) is 0.988. The van der Waals surface area contributed by atoms with Gasteiger partial charge in [0.05, 0.1) is 5.69 Å². The molecule has 3 heteroatoms. The molecular weight excluding hydrogens is 198 g/mol. The van der Waals surface area contributed by atoms with Crippen molar-refractivity contribution in [1.29, 1.82) is 0 Å². The molecule has 1 aromatic heterocycles. The molecule has 3 nitrogen and oxygen atoms in total. The van der Waals surface area contributed by atoms with Gasteiger partial charge in [-0.15, -0.1) is 6.58 Å². The van der Waals surface area contributed by atoms with Gasteiger partial charge in [0.15, 0.2) is 0 Å². The highest BCUT2D eigenvalue weighted by Gasteiger charge is 2.29. The lowest BCUT2D eigenvalue weighted by molar-refractivity contribution is 0.524. The molecule has 0 spiro atoms. The van der Waals surface area contributed by atoms with Gasteiger partial charge in [-0.3, -0.25) is 0 Å². The molecule has 2 rings (SSSR count). The van der Waals surface area contributed by atoms with E-state index in [0.29, 0.717) is 0 Å². The molecule has 0 bridgehead atoms.